The zero-order chi connectivity index (χ0) is 17.3. The van der Waals surface area contributed by atoms with Gasteiger partial charge in [-0.05, 0) is 30.7 Å². The van der Waals surface area contributed by atoms with Gasteiger partial charge in [0.1, 0.15) is 6.10 Å². The van der Waals surface area contributed by atoms with Crippen LogP contribution in [0.15, 0.2) is 47.4 Å². The molecule has 3 rings (SSSR count). The van der Waals surface area contributed by atoms with E-state index < -0.39 is 0 Å². The molecule has 5 nitrogen and oxygen atoms in total. The Morgan fingerprint density at radius 2 is 2.08 bits per heavy atom. The highest BCUT2D eigenvalue weighted by Gasteiger charge is 2.31. The van der Waals surface area contributed by atoms with E-state index >= 15 is 0 Å². The van der Waals surface area contributed by atoms with Gasteiger partial charge in [0.05, 0.1) is 19.2 Å². The number of nitrogens with zero attached hydrogens (tertiary/aromatic N) is 2. The molecule has 0 N–H and O–H groups in total. The second-order valence-electron chi connectivity index (χ2n) is 6.05. The number of benzene rings is 1. The summed E-state index contributed by atoms with van der Waals surface area (Å²) in [4.78, 5) is 26.4. The molecule has 2 atom stereocenters. The van der Waals surface area contributed by atoms with Gasteiger partial charge in [-0.2, -0.15) is 0 Å². The Kier molecular flexibility index (Phi) is 4.73. The zero-order valence-electron chi connectivity index (χ0n) is 13.6. The van der Waals surface area contributed by atoms with Gasteiger partial charge in [0.15, 0.2) is 0 Å². The summed E-state index contributed by atoms with van der Waals surface area (Å²) in [5, 5.41) is 0.638. The van der Waals surface area contributed by atoms with Crippen LogP contribution in [0.3, 0.4) is 0 Å². The van der Waals surface area contributed by atoms with Crippen molar-refractivity contribution in [1.82, 2.24) is 9.47 Å². The average Bonchev–Trinajstić information content (AvgIpc) is 2.57. The fraction of sp³-hybridized carbons (Fsp3) is 0.333. The summed E-state index contributed by atoms with van der Waals surface area (Å²) in [5.41, 5.74) is 1.14. The van der Waals surface area contributed by atoms with Crippen molar-refractivity contribution in [3.8, 4) is 0 Å². The zero-order valence-corrected chi connectivity index (χ0v) is 14.4. The molecule has 1 saturated heterocycles. The maximum absolute atomic E-state index is 12.8. The van der Waals surface area contributed by atoms with Gasteiger partial charge in [-0.1, -0.05) is 23.7 Å². The van der Waals surface area contributed by atoms with Crippen LogP contribution in [-0.2, 0) is 11.8 Å². The van der Waals surface area contributed by atoms with E-state index in [0.717, 1.165) is 5.56 Å². The topological polar surface area (TPSA) is 51.5 Å². The summed E-state index contributed by atoms with van der Waals surface area (Å²) in [6, 6.07) is 10.4. The predicted octanol–water partition coefficient (Wildman–Crippen LogP) is 2.64. The van der Waals surface area contributed by atoms with Gasteiger partial charge < -0.3 is 14.2 Å². The minimum absolute atomic E-state index is 0.0583. The monoisotopic (exact) mass is 346 g/mol. The second kappa shape index (κ2) is 6.79. The van der Waals surface area contributed by atoms with Crippen LogP contribution in [0.4, 0.5) is 0 Å². The quantitative estimate of drug-likeness (QED) is 0.840. The highest BCUT2D eigenvalue weighted by atomic mass is 35.5. The first-order valence-electron chi connectivity index (χ1n) is 7.80. The lowest BCUT2D eigenvalue weighted by molar-refractivity contribution is -0.0486. The molecule has 1 aromatic heterocycles. The largest absolute Gasteiger partial charge is 0.370 e. The molecule has 1 amide bonds. The number of pyridine rings is 1. The standard InChI is InChI=1S/C18H19ClN2O3/c1-12-11-24-16(13-4-3-5-15(19)8-13)10-21(12)18(23)14-6-7-20(2)17(22)9-14/h3-9,12,16H,10-11H2,1-2H3/t12-,16+/m1/s1. The van der Waals surface area contributed by atoms with E-state index in [2.05, 4.69) is 0 Å². The lowest BCUT2D eigenvalue weighted by Gasteiger charge is -2.38. The van der Waals surface area contributed by atoms with Crippen LogP contribution in [0.2, 0.25) is 5.02 Å². The number of amides is 1. The van der Waals surface area contributed by atoms with Gasteiger partial charge in [0.2, 0.25) is 0 Å². The van der Waals surface area contributed by atoms with Crippen LogP contribution < -0.4 is 5.56 Å². The van der Waals surface area contributed by atoms with Crippen molar-refractivity contribution >= 4 is 17.5 Å². The molecule has 1 aromatic carbocycles. The van der Waals surface area contributed by atoms with E-state index in [4.69, 9.17) is 16.3 Å². The summed E-state index contributed by atoms with van der Waals surface area (Å²) < 4.78 is 7.31. The molecule has 24 heavy (non-hydrogen) atoms. The number of aryl methyl sites for hydroxylation is 1. The SMILES string of the molecule is C[C@@H]1CO[C@H](c2cccc(Cl)c2)CN1C(=O)c1ccn(C)c(=O)c1. The van der Waals surface area contributed by atoms with Gasteiger partial charge in [0.25, 0.3) is 11.5 Å². The van der Waals surface area contributed by atoms with E-state index in [1.165, 1.54) is 10.6 Å². The van der Waals surface area contributed by atoms with Crippen molar-refractivity contribution < 1.29 is 9.53 Å². The van der Waals surface area contributed by atoms with Crippen molar-refractivity contribution in [2.75, 3.05) is 13.2 Å². The fourth-order valence-corrected chi connectivity index (χ4v) is 2.99. The van der Waals surface area contributed by atoms with Crippen molar-refractivity contribution in [3.05, 3.63) is 69.1 Å². The van der Waals surface area contributed by atoms with E-state index in [0.29, 0.717) is 23.7 Å². The Hall–Kier alpha value is -2.11. The van der Waals surface area contributed by atoms with Crippen LogP contribution in [0.1, 0.15) is 28.9 Å². The number of rotatable bonds is 2. The average molecular weight is 347 g/mol. The molecule has 0 bridgehead atoms. The number of halogens is 1. The maximum Gasteiger partial charge on any atom is 0.254 e. The normalized spacial score (nSPS) is 20.9. The number of ether oxygens (including phenoxy) is 1. The number of carbonyl (C=O) groups excluding carboxylic acids is 1. The highest BCUT2D eigenvalue weighted by molar-refractivity contribution is 6.30. The molecule has 6 heteroatoms. The highest BCUT2D eigenvalue weighted by Crippen LogP contribution is 2.27. The molecule has 2 heterocycles. The van der Waals surface area contributed by atoms with Gasteiger partial charge in [0, 0.05) is 29.9 Å². The molecular formula is C18H19ClN2O3. The summed E-state index contributed by atoms with van der Waals surface area (Å²) in [5.74, 6) is -0.157. The summed E-state index contributed by atoms with van der Waals surface area (Å²) in [6.07, 6.45) is 1.38. The predicted molar refractivity (Wildman–Crippen MR) is 92.3 cm³/mol. The van der Waals surface area contributed by atoms with E-state index in [1.807, 2.05) is 25.1 Å². The summed E-state index contributed by atoms with van der Waals surface area (Å²) >= 11 is 6.05. The van der Waals surface area contributed by atoms with Crippen LogP contribution >= 0.6 is 11.6 Å². The molecule has 1 aliphatic rings. The van der Waals surface area contributed by atoms with Crippen molar-refractivity contribution in [2.24, 2.45) is 7.05 Å². The Morgan fingerprint density at radius 1 is 1.29 bits per heavy atom. The molecule has 0 radical (unpaired) electrons. The lowest BCUT2D eigenvalue weighted by atomic mass is 10.0. The molecule has 126 valence electrons. The Balaban J connectivity index is 1.84. The molecule has 0 saturated carbocycles. The Labute approximate surface area is 145 Å². The molecule has 0 aliphatic carbocycles. The first-order chi connectivity index (χ1) is 11.5. The van der Waals surface area contributed by atoms with Gasteiger partial charge in [-0.15, -0.1) is 0 Å². The molecule has 0 unspecified atom stereocenters. The number of morpholine rings is 1. The first-order valence-corrected chi connectivity index (χ1v) is 8.18. The van der Waals surface area contributed by atoms with Crippen molar-refractivity contribution in [2.45, 2.75) is 19.1 Å². The summed E-state index contributed by atoms with van der Waals surface area (Å²) in [6.45, 7) is 2.80. The number of carbonyl (C=O) groups is 1. The van der Waals surface area contributed by atoms with Gasteiger partial charge >= 0.3 is 0 Å². The van der Waals surface area contributed by atoms with E-state index in [1.54, 1.807) is 30.3 Å². The van der Waals surface area contributed by atoms with Gasteiger partial charge in [-0.25, -0.2) is 0 Å². The smallest absolute Gasteiger partial charge is 0.254 e. The number of aromatic nitrogens is 1. The minimum atomic E-state index is -0.226. The third-order valence-electron chi connectivity index (χ3n) is 4.27. The summed E-state index contributed by atoms with van der Waals surface area (Å²) in [7, 11) is 1.66. The number of hydrogen-bond donors (Lipinski definition) is 0. The molecule has 0 spiro atoms. The first kappa shape index (κ1) is 16.7. The number of hydrogen-bond acceptors (Lipinski definition) is 3. The van der Waals surface area contributed by atoms with Crippen LogP contribution in [0.25, 0.3) is 0 Å². The second-order valence-corrected chi connectivity index (χ2v) is 6.48. The fourth-order valence-electron chi connectivity index (χ4n) is 2.80. The van der Waals surface area contributed by atoms with Crippen LogP contribution in [-0.4, -0.2) is 34.6 Å². The van der Waals surface area contributed by atoms with E-state index in [9.17, 15) is 9.59 Å². The lowest BCUT2D eigenvalue weighted by Crippen LogP contribution is -2.48. The van der Waals surface area contributed by atoms with Crippen molar-refractivity contribution in [1.29, 1.82) is 0 Å². The van der Waals surface area contributed by atoms with Crippen LogP contribution in [0.5, 0.6) is 0 Å². The molecule has 1 aliphatic heterocycles. The third-order valence-corrected chi connectivity index (χ3v) is 4.50. The molecule has 1 fully saturated rings. The van der Waals surface area contributed by atoms with Gasteiger partial charge in [-0.3, -0.25) is 9.59 Å². The molecular weight excluding hydrogens is 328 g/mol. The van der Waals surface area contributed by atoms with E-state index in [-0.39, 0.29) is 23.6 Å². The third kappa shape index (κ3) is 3.37. The minimum Gasteiger partial charge on any atom is -0.370 e. The molecule has 2 aromatic rings. The Morgan fingerprint density at radius 3 is 2.79 bits per heavy atom. The maximum atomic E-state index is 12.8. The van der Waals surface area contributed by atoms with Crippen molar-refractivity contribution in [3.63, 3.8) is 0 Å². The Bertz CT molecular complexity index is 818. The van der Waals surface area contributed by atoms with Crippen LogP contribution in [0, 0.1) is 0 Å².